The summed E-state index contributed by atoms with van der Waals surface area (Å²) in [6.45, 7) is 2.30. The van der Waals surface area contributed by atoms with E-state index in [0.717, 1.165) is 10.9 Å². The van der Waals surface area contributed by atoms with Crippen LogP contribution in [0.25, 0.3) is 10.9 Å². The quantitative estimate of drug-likeness (QED) is 0.780. The van der Waals surface area contributed by atoms with Gasteiger partial charge in [0.15, 0.2) is 11.7 Å². The molecule has 0 spiro atoms. The van der Waals surface area contributed by atoms with Crippen molar-refractivity contribution in [1.29, 1.82) is 0 Å². The Morgan fingerprint density at radius 3 is 2.96 bits per heavy atom. The van der Waals surface area contributed by atoms with Gasteiger partial charge in [0.05, 0.1) is 5.52 Å². The number of fused-ring (bicyclic) bond motifs is 1. The van der Waals surface area contributed by atoms with Gasteiger partial charge in [0.25, 0.3) is 11.5 Å². The number of thiazole rings is 1. The molecule has 3 aromatic rings. The SMILES string of the molecule is CCn1c(=O)cc(OCC(=O)Nc2nccs2)c2ccccc21. The molecular formula is C16H15N3O3S. The van der Waals surface area contributed by atoms with Crippen molar-refractivity contribution in [2.75, 3.05) is 11.9 Å². The van der Waals surface area contributed by atoms with E-state index in [4.69, 9.17) is 4.74 Å². The van der Waals surface area contributed by atoms with E-state index < -0.39 is 0 Å². The molecule has 0 aliphatic heterocycles. The van der Waals surface area contributed by atoms with Crippen LogP contribution >= 0.6 is 11.3 Å². The minimum absolute atomic E-state index is 0.151. The first-order chi connectivity index (χ1) is 11.2. The number of nitrogens with one attached hydrogen (secondary N) is 1. The largest absolute Gasteiger partial charge is 0.483 e. The molecule has 1 amide bonds. The fourth-order valence-electron chi connectivity index (χ4n) is 2.33. The second-order valence-electron chi connectivity index (χ2n) is 4.78. The first kappa shape index (κ1) is 15.2. The Balaban J connectivity index is 1.83. The van der Waals surface area contributed by atoms with Crippen LogP contribution in [0.4, 0.5) is 5.13 Å². The van der Waals surface area contributed by atoms with E-state index in [0.29, 0.717) is 17.4 Å². The molecule has 0 unspecified atom stereocenters. The number of ether oxygens (including phenoxy) is 1. The number of hydrogen-bond acceptors (Lipinski definition) is 5. The second-order valence-corrected chi connectivity index (χ2v) is 5.68. The minimum atomic E-state index is -0.316. The molecule has 0 bridgehead atoms. The zero-order chi connectivity index (χ0) is 16.2. The summed E-state index contributed by atoms with van der Waals surface area (Å²) in [4.78, 5) is 28.0. The normalized spacial score (nSPS) is 10.7. The van der Waals surface area contributed by atoms with Crippen molar-refractivity contribution < 1.29 is 9.53 Å². The molecule has 1 aromatic carbocycles. The highest BCUT2D eigenvalue weighted by molar-refractivity contribution is 7.13. The third-order valence-corrected chi connectivity index (χ3v) is 4.02. The predicted molar refractivity (Wildman–Crippen MR) is 90.1 cm³/mol. The van der Waals surface area contributed by atoms with Crippen molar-refractivity contribution in [3.05, 3.63) is 52.3 Å². The molecule has 0 saturated heterocycles. The third-order valence-electron chi connectivity index (χ3n) is 3.33. The van der Waals surface area contributed by atoms with Crippen molar-refractivity contribution in [2.24, 2.45) is 0 Å². The summed E-state index contributed by atoms with van der Waals surface area (Å²) in [6.07, 6.45) is 1.61. The van der Waals surface area contributed by atoms with E-state index in [9.17, 15) is 9.59 Å². The van der Waals surface area contributed by atoms with Crippen LogP contribution in [-0.4, -0.2) is 22.1 Å². The van der Waals surface area contributed by atoms with Gasteiger partial charge in [-0.15, -0.1) is 11.3 Å². The number of benzene rings is 1. The van der Waals surface area contributed by atoms with Gasteiger partial charge in [0.2, 0.25) is 0 Å². The van der Waals surface area contributed by atoms with Gasteiger partial charge in [-0.3, -0.25) is 14.9 Å². The third kappa shape index (κ3) is 3.24. The summed E-state index contributed by atoms with van der Waals surface area (Å²) >= 11 is 1.33. The lowest BCUT2D eigenvalue weighted by molar-refractivity contribution is -0.118. The Labute approximate surface area is 136 Å². The van der Waals surface area contributed by atoms with Crippen molar-refractivity contribution in [3.63, 3.8) is 0 Å². The van der Waals surface area contributed by atoms with E-state index in [2.05, 4.69) is 10.3 Å². The van der Waals surface area contributed by atoms with Crippen LogP contribution < -0.4 is 15.6 Å². The summed E-state index contributed by atoms with van der Waals surface area (Å²) in [7, 11) is 0. The van der Waals surface area contributed by atoms with Crippen LogP contribution in [0.2, 0.25) is 0 Å². The van der Waals surface area contributed by atoms with E-state index in [-0.39, 0.29) is 18.1 Å². The highest BCUT2D eigenvalue weighted by Gasteiger charge is 2.11. The van der Waals surface area contributed by atoms with Gasteiger partial charge < -0.3 is 9.30 Å². The number of aromatic nitrogens is 2. The van der Waals surface area contributed by atoms with Gasteiger partial charge in [-0.25, -0.2) is 4.98 Å². The van der Waals surface area contributed by atoms with Crippen molar-refractivity contribution in [1.82, 2.24) is 9.55 Å². The fourth-order valence-corrected chi connectivity index (χ4v) is 2.88. The predicted octanol–water partition coefficient (Wildman–Crippen LogP) is 2.50. The van der Waals surface area contributed by atoms with Crippen LogP contribution in [0.3, 0.4) is 0 Å². The molecule has 1 N–H and O–H groups in total. The maximum Gasteiger partial charge on any atom is 0.264 e. The number of aryl methyl sites for hydroxylation is 1. The van der Waals surface area contributed by atoms with Gasteiger partial charge in [0.1, 0.15) is 5.75 Å². The first-order valence-electron chi connectivity index (χ1n) is 7.13. The maximum absolute atomic E-state index is 12.2. The molecule has 0 fully saturated rings. The number of carbonyl (C=O) groups excluding carboxylic acids is 1. The van der Waals surface area contributed by atoms with Gasteiger partial charge in [-0.2, -0.15) is 0 Å². The highest BCUT2D eigenvalue weighted by Crippen LogP contribution is 2.23. The molecule has 0 aliphatic rings. The smallest absolute Gasteiger partial charge is 0.264 e. The highest BCUT2D eigenvalue weighted by atomic mass is 32.1. The summed E-state index contributed by atoms with van der Waals surface area (Å²) in [5.74, 6) is 0.0910. The van der Waals surface area contributed by atoms with Crippen molar-refractivity contribution >= 4 is 33.3 Å². The van der Waals surface area contributed by atoms with Crippen LogP contribution in [0, 0.1) is 0 Å². The summed E-state index contributed by atoms with van der Waals surface area (Å²) in [5.41, 5.74) is 0.638. The van der Waals surface area contributed by atoms with Crippen LogP contribution in [0.5, 0.6) is 5.75 Å². The molecule has 0 atom stereocenters. The standard InChI is InChI=1S/C16H15N3O3S/c1-2-19-12-6-4-3-5-11(12)13(9-15(19)21)22-10-14(20)18-16-17-7-8-23-16/h3-9H,2,10H2,1H3,(H,17,18,20). The molecule has 0 saturated carbocycles. The molecule has 0 radical (unpaired) electrons. The number of nitrogens with zero attached hydrogens (tertiary/aromatic N) is 2. The van der Waals surface area contributed by atoms with E-state index in [1.165, 1.54) is 17.4 Å². The molecule has 2 aromatic heterocycles. The molecule has 3 rings (SSSR count). The average Bonchev–Trinajstić information content (AvgIpc) is 3.05. The van der Waals surface area contributed by atoms with Crippen LogP contribution in [-0.2, 0) is 11.3 Å². The second kappa shape index (κ2) is 6.62. The number of pyridine rings is 1. The lowest BCUT2D eigenvalue weighted by Gasteiger charge is -2.12. The number of rotatable bonds is 5. The molecule has 7 heteroatoms. The molecular weight excluding hydrogens is 314 g/mol. The number of anilines is 1. The topological polar surface area (TPSA) is 73.2 Å². The van der Waals surface area contributed by atoms with E-state index in [1.54, 1.807) is 16.1 Å². The van der Waals surface area contributed by atoms with Crippen molar-refractivity contribution in [3.8, 4) is 5.75 Å². The Morgan fingerprint density at radius 2 is 2.22 bits per heavy atom. The lowest BCUT2D eigenvalue weighted by atomic mass is 10.2. The first-order valence-corrected chi connectivity index (χ1v) is 8.01. The Hall–Kier alpha value is -2.67. The maximum atomic E-state index is 12.2. The summed E-state index contributed by atoms with van der Waals surface area (Å²) < 4.78 is 7.23. The molecule has 0 aliphatic carbocycles. The van der Waals surface area contributed by atoms with Gasteiger partial charge in [-0.1, -0.05) is 12.1 Å². The van der Waals surface area contributed by atoms with Crippen LogP contribution in [0.1, 0.15) is 6.92 Å². The summed E-state index contributed by atoms with van der Waals surface area (Å²) in [5, 5.41) is 5.73. The molecule has 118 valence electrons. The Kier molecular flexibility index (Phi) is 4.38. The fraction of sp³-hybridized carbons (Fsp3) is 0.188. The Morgan fingerprint density at radius 1 is 1.39 bits per heavy atom. The number of para-hydroxylation sites is 1. The molecule has 2 heterocycles. The Bertz CT molecular complexity index is 887. The summed E-state index contributed by atoms with van der Waals surface area (Å²) in [6, 6.07) is 8.89. The van der Waals surface area contributed by atoms with Gasteiger partial charge >= 0.3 is 0 Å². The van der Waals surface area contributed by atoms with E-state index in [1.807, 2.05) is 31.2 Å². The minimum Gasteiger partial charge on any atom is -0.483 e. The van der Waals surface area contributed by atoms with E-state index >= 15 is 0 Å². The monoisotopic (exact) mass is 329 g/mol. The zero-order valence-electron chi connectivity index (χ0n) is 12.5. The molecule has 6 nitrogen and oxygen atoms in total. The number of carbonyl (C=O) groups is 1. The zero-order valence-corrected chi connectivity index (χ0v) is 13.3. The van der Waals surface area contributed by atoms with Crippen molar-refractivity contribution in [2.45, 2.75) is 13.5 Å². The average molecular weight is 329 g/mol. The molecule has 23 heavy (non-hydrogen) atoms. The van der Waals surface area contributed by atoms with Gasteiger partial charge in [0, 0.05) is 29.6 Å². The number of amides is 1. The number of hydrogen-bond donors (Lipinski definition) is 1. The lowest BCUT2D eigenvalue weighted by Crippen LogP contribution is -2.22. The van der Waals surface area contributed by atoms with Crippen LogP contribution in [0.15, 0.2) is 46.7 Å². The van der Waals surface area contributed by atoms with Gasteiger partial charge in [-0.05, 0) is 19.1 Å².